The summed E-state index contributed by atoms with van der Waals surface area (Å²) in [6.45, 7) is 2.22. The smallest absolute Gasteiger partial charge is 0.341 e. The lowest BCUT2D eigenvalue weighted by molar-refractivity contribution is 0.0230. The third kappa shape index (κ3) is 4.25. The molecule has 2 aliphatic heterocycles. The van der Waals surface area contributed by atoms with Gasteiger partial charge in [-0.05, 0) is 24.6 Å². The lowest BCUT2D eigenvalue weighted by Gasteiger charge is -2.40. The van der Waals surface area contributed by atoms with Gasteiger partial charge in [0.25, 0.3) is 5.88 Å². The van der Waals surface area contributed by atoms with Crippen molar-refractivity contribution >= 4 is 23.6 Å². The van der Waals surface area contributed by atoms with Crippen molar-refractivity contribution in [3.8, 4) is 16.6 Å². The zero-order chi connectivity index (χ0) is 23.1. The number of hydrogen-bond donors (Lipinski definition) is 0. The minimum absolute atomic E-state index is 0.188. The molecule has 3 aromatic rings. The molecule has 1 saturated heterocycles. The number of amides is 2. The van der Waals surface area contributed by atoms with Crippen molar-refractivity contribution in [2.75, 3.05) is 13.1 Å². The zero-order valence-corrected chi connectivity index (χ0v) is 18.1. The molecule has 0 saturated carbocycles. The van der Waals surface area contributed by atoms with Crippen LogP contribution in [-0.2, 0) is 0 Å². The number of aromatic nitrogens is 3. The monoisotopic (exact) mass is 474 g/mol. The predicted molar refractivity (Wildman–Crippen MR) is 113 cm³/mol. The van der Waals surface area contributed by atoms with E-state index in [1.54, 1.807) is 6.20 Å². The van der Waals surface area contributed by atoms with Crippen LogP contribution in [0.2, 0.25) is 0 Å². The number of hydrogen-bond acceptors (Lipinski definition) is 7. The molecule has 0 bridgehead atoms. The van der Waals surface area contributed by atoms with E-state index in [1.807, 2.05) is 6.92 Å². The lowest BCUT2D eigenvalue weighted by atomic mass is 10.0. The number of hydrazone groups is 1. The van der Waals surface area contributed by atoms with Crippen LogP contribution in [0.3, 0.4) is 0 Å². The molecule has 2 aliphatic rings. The van der Waals surface area contributed by atoms with Crippen molar-refractivity contribution in [1.82, 2.24) is 24.9 Å². The first-order valence-electron chi connectivity index (χ1n) is 10.1. The summed E-state index contributed by atoms with van der Waals surface area (Å²) in [5, 5.41) is 6.10. The highest BCUT2D eigenvalue weighted by Gasteiger charge is 2.39. The molecule has 12 heteroatoms. The predicted octanol–water partition coefficient (Wildman–Crippen LogP) is 3.94. The van der Waals surface area contributed by atoms with Gasteiger partial charge in [0, 0.05) is 24.9 Å². The Bertz CT molecular complexity index is 1230. The van der Waals surface area contributed by atoms with Crippen LogP contribution in [0.1, 0.15) is 23.0 Å². The molecule has 2 amide bonds. The Morgan fingerprint density at radius 2 is 1.88 bits per heavy atom. The Balaban J connectivity index is 1.23. The van der Waals surface area contributed by atoms with Gasteiger partial charge in [0.05, 0.1) is 35.2 Å². The fraction of sp³-hybridized carbons (Fsp3) is 0.286. The number of carbonyl (C=O) groups is 1. The first-order chi connectivity index (χ1) is 15.9. The molecule has 1 aromatic carbocycles. The first kappa shape index (κ1) is 21.3. The zero-order valence-electron chi connectivity index (χ0n) is 17.3. The molecule has 1 atom stereocenters. The maximum Gasteiger partial charge on any atom is 0.341 e. The molecule has 1 fully saturated rings. The largest absolute Gasteiger partial charge is 0.468 e. The number of carbonyl (C=O) groups excluding carboxylic acids is 1. The summed E-state index contributed by atoms with van der Waals surface area (Å²) in [4.78, 5) is 27.3. The first-order valence-corrected chi connectivity index (χ1v) is 10.9. The Labute approximate surface area is 190 Å². The Morgan fingerprint density at radius 3 is 2.58 bits per heavy atom. The maximum absolute atomic E-state index is 14.2. The third-order valence-electron chi connectivity index (χ3n) is 5.25. The van der Waals surface area contributed by atoms with Crippen LogP contribution in [0.25, 0.3) is 10.7 Å². The molecule has 4 heterocycles. The van der Waals surface area contributed by atoms with E-state index in [-0.39, 0.29) is 19.0 Å². The van der Waals surface area contributed by atoms with E-state index in [9.17, 15) is 18.0 Å². The standard InChI is InChI=1S/C21H17F3N6O2S/c1-11-25-8-18(33-11)19-26-7-16(24)20(28-19)32-15-9-29(10-15)21(31)30-17(2-3-27-30)12-4-13(22)6-14(23)5-12/h3-8,15,17H,2,9-10H2,1H3/t17-/m0/s1. The fourth-order valence-corrected chi connectivity index (χ4v) is 4.35. The fourth-order valence-electron chi connectivity index (χ4n) is 3.63. The average molecular weight is 474 g/mol. The summed E-state index contributed by atoms with van der Waals surface area (Å²) in [5.41, 5.74) is 0.320. The maximum atomic E-state index is 14.2. The number of thiazole rings is 1. The Morgan fingerprint density at radius 1 is 1.12 bits per heavy atom. The van der Waals surface area contributed by atoms with E-state index in [2.05, 4.69) is 20.1 Å². The summed E-state index contributed by atoms with van der Waals surface area (Å²) >= 11 is 1.38. The summed E-state index contributed by atoms with van der Waals surface area (Å²) in [6.07, 6.45) is 4.05. The second-order valence-electron chi connectivity index (χ2n) is 7.61. The highest BCUT2D eigenvalue weighted by Crippen LogP contribution is 2.32. The van der Waals surface area contributed by atoms with Crippen molar-refractivity contribution in [2.24, 2.45) is 5.10 Å². The van der Waals surface area contributed by atoms with Gasteiger partial charge in [-0.25, -0.2) is 28.6 Å². The number of likely N-dealkylation sites (tertiary alicyclic amines) is 1. The molecule has 0 unspecified atom stereocenters. The van der Waals surface area contributed by atoms with E-state index < -0.39 is 35.6 Å². The number of halogens is 3. The van der Waals surface area contributed by atoms with Crippen molar-refractivity contribution in [2.45, 2.75) is 25.5 Å². The Kier molecular flexibility index (Phi) is 5.44. The highest BCUT2D eigenvalue weighted by atomic mass is 32.1. The SMILES string of the molecule is Cc1ncc(-c2ncc(F)c(OC3CN(C(=O)N4N=CC[C@H]4c4cc(F)cc(F)c4)C3)n2)s1. The van der Waals surface area contributed by atoms with Crippen LogP contribution in [0.4, 0.5) is 18.0 Å². The molecule has 0 aliphatic carbocycles. The summed E-state index contributed by atoms with van der Waals surface area (Å²) in [6, 6.07) is 2.11. The number of rotatable bonds is 4. The minimum atomic E-state index is -0.721. The molecule has 2 aromatic heterocycles. The van der Waals surface area contributed by atoms with E-state index in [0.29, 0.717) is 22.7 Å². The van der Waals surface area contributed by atoms with Crippen LogP contribution < -0.4 is 4.74 Å². The van der Waals surface area contributed by atoms with Crippen molar-refractivity contribution in [3.05, 3.63) is 58.6 Å². The number of benzene rings is 1. The van der Waals surface area contributed by atoms with Crippen molar-refractivity contribution in [3.63, 3.8) is 0 Å². The second-order valence-corrected chi connectivity index (χ2v) is 8.85. The summed E-state index contributed by atoms with van der Waals surface area (Å²) in [5.74, 6) is -2.04. The molecule has 0 radical (unpaired) electrons. The number of aryl methyl sites for hydroxylation is 1. The summed E-state index contributed by atoms with van der Waals surface area (Å²) < 4.78 is 47.1. The van der Waals surface area contributed by atoms with Crippen LogP contribution in [0.15, 0.2) is 35.7 Å². The number of urea groups is 1. The van der Waals surface area contributed by atoms with Crippen LogP contribution in [0, 0.1) is 24.4 Å². The number of nitrogens with zero attached hydrogens (tertiary/aromatic N) is 6. The van der Waals surface area contributed by atoms with Gasteiger partial charge in [-0.2, -0.15) is 14.5 Å². The van der Waals surface area contributed by atoms with Gasteiger partial charge in [0.1, 0.15) is 17.7 Å². The van der Waals surface area contributed by atoms with E-state index in [0.717, 1.165) is 17.3 Å². The van der Waals surface area contributed by atoms with Gasteiger partial charge in [-0.15, -0.1) is 11.3 Å². The molecule has 33 heavy (non-hydrogen) atoms. The van der Waals surface area contributed by atoms with Gasteiger partial charge in [0.2, 0.25) is 5.82 Å². The topological polar surface area (TPSA) is 83.8 Å². The van der Waals surface area contributed by atoms with Gasteiger partial charge >= 0.3 is 6.03 Å². The second kappa shape index (κ2) is 8.43. The molecular weight excluding hydrogens is 457 g/mol. The van der Waals surface area contributed by atoms with E-state index >= 15 is 0 Å². The third-order valence-corrected chi connectivity index (χ3v) is 6.15. The summed E-state index contributed by atoms with van der Waals surface area (Å²) in [7, 11) is 0. The van der Waals surface area contributed by atoms with Gasteiger partial charge < -0.3 is 9.64 Å². The minimum Gasteiger partial charge on any atom is -0.468 e. The lowest BCUT2D eigenvalue weighted by Crippen LogP contribution is -2.59. The van der Waals surface area contributed by atoms with Gasteiger partial charge in [-0.3, -0.25) is 0 Å². The van der Waals surface area contributed by atoms with Crippen molar-refractivity contribution < 1.29 is 22.7 Å². The van der Waals surface area contributed by atoms with Crippen LogP contribution in [-0.4, -0.2) is 56.3 Å². The van der Waals surface area contributed by atoms with Crippen LogP contribution >= 0.6 is 11.3 Å². The molecule has 8 nitrogen and oxygen atoms in total. The van der Waals surface area contributed by atoms with Gasteiger partial charge in [0.15, 0.2) is 5.82 Å². The normalized spacial score (nSPS) is 18.0. The van der Waals surface area contributed by atoms with E-state index in [1.165, 1.54) is 39.6 Å². The van der Waals surface area contributed by atoms with Crippen molar-refractivity contribution in [1.29, 1.82) is 0 Å². The van der Waals surface area contributed by atoms with E-state index in [4.69, 9.17) is 4.74 Å². The molecule has 5 rings (SSSR count). The average Bonchev–Trinajstić information content (AvgIpc) is 3.40. The highest BCUT2D eigenvalue weighted by molar-refractivity contribution is 7.14. The number of ether oxygens (including phenoxy) is 1. The molecular formula is C21H17F3N6O2S. The quantitative estimate of drug-likeness (QED) is 0.572. The van der Waals surface area contributed by atoms with Crippen LogP contribution in [0.5, 0.6) is 5.88 Å². The molecule has 170 valence electrons. The Hall–Kier alpha value is -3.54. The van der Waals surface area contributed by atoms with Gasteiger partial charge in [-0.1, -0.05) is 0 Å². The molecule has 0 spiro atoms. The molecule has 0 N–H and O–H groups in total.